The van der Waals surface area contributed by atoms with Crippen LogP contribution in [0.2, 0.25) is 0 Å². The Morgan fingerprint density at radius 3 is 2.79 bits per heavy atom. The maximum absolute atomic E-state index is 12.5. The van der Waals surface area contributed by atoms with Crippen molar-refractivity contribution < 1.29 is 9.53 Å². The Kier molecular flexibility index (Phi) is 6.04. The fourth-order valence-electron chi connectivity index (χ4n) is 3.96. The van der Waals surface area contributed by atoms with E-state index >= 15 is 0 Å². The SMILES string of the molecule is Cn1cc(NC(=O)c2cccc(CN3CCN(C[C@H]4CCCO4)CC3)c2)cn1. The van der Waals surface area contributed by atoms with Gasteiger partial charge in [-0.15, -0.1) is 0 Å². The highest BCUT2D eigenvalue weighted by molar-refractivity contribution is 6.04. The molecule has 7 heteroatoms. The van der Waals surface area contributed by atoms with Gasteiger partial charge in [0.05, 0.1) is 18.0 Å². The third-order valence-corrected chi connectivity index (χ3v) is 5.51. The lowest BCUT2D eigenvalue weighted by atomic mass is 10.1. The summed E-state index contributed by atoms with van der Waals surface area (Å²) in [6.45, 7) is 7.15. The van der Waals surface area contributed by atoms with E-state index in [4.69, 9.17) is 4.74 Å². The zero-order chi connectivity index (χ0) is 19.3. The summed E-state index contributed by atoms with van der Waals surface area (Å²) >= 11 is 0. The van der Waals surface area contributed by atoms with Gasteiger partial charge in [-0.1, -0.05) is 12.1 Å². The van der Waals surface area contributed by atoms with E-state index < -0.39 is 0 Å². The Bertz CT molecular complexity index is 792. The van der Waals surface area contributed by atoms with Crippen LogP contribution in [0.4, 0.5) is 5.69 Å². The first kappa shape index (κ1) is 19.1. The van der Waals surface area contributed by atoms with E-state index in [1.807, 2.05) is 25.2 Å². The number of aryl methyl sites for hydroxylation is 1. The summed E-state index contributed by atoms with van der Waals surface area (Å²) in [5.41, 5.74) is 2.56. The van der Waals surface area contributed by atoms with Crippen molar-refractivity contribution in [3.63, 3.8) is 0 Å². The molecule has 3 heterocycles. The lowest BCUT2D eigenvalue weighted by molar-refractivity contribution is 0.0489. The molecule has 2 aromatic rings. The molecule has 0 unspecified atom stereocenters. The van der Waals surface area contributed by atoms with Gasteiger partial charge in [-0.05, 0) is 30.5 Å². The third-order valence-electron chi connectivity index (χ3n) is 5.51. The molecule has 1 aromatic carbocycles. The summed E-state index contributed by atoms with van der Waals surface area (Å²) < 4.78 is 7.43. The fraction of sp³-hybridized carbons (Fsp3) is 0.524. The molecule has 2 fully saturated rings. The first-order valence-electron chi connectivity index (χ1n) is 10.1. The number of piperazine rings is 1. The number of anilines is 1. The number of aromatic nitrogens is 2. The van der Waals surface area contributed by atoms with Gasteiger partial charge in [0, 0.05) is 64.7 Å². The van der Waals surface area contributed by atoms with E-state index in [1.54, 1.807) is 17.1 Å². The van der Waals surface area contributed by atoms with Crippen molar-refractivity contribution in [2.24, 2.45) is 7.05 Å². The Morgan fingerprint density at radius 2 is 2.07 bits per heavy atom. The number of hydrogen-bond acceptors (Lipinski definition) is 5. The van der Waals surface area contributed by atoms with Crippen LogP contribution >= 0.6 is 0 Å². The monoisotopic (exact) mass is 383 g/mol. The number of amides is 1. The topological polar surface area (TPSA) is 62.6 Å². The van der Waals surface area contributed by atoms with Gasteiger partial charge in [0.15, 0.2) is 0 Å². The van der Waals surface area contributed by atoms with Crippen LogP contribution in [0.1, 0.15) is 28.8 Å². The molecule has 0 saturated carbocycles. The largest absolute Gasteiger partial charge is 0.377 e. The van der Waals surface area contributed by atoms with Crippen LogP contribution in [-0.4, -0.2) is 70.9 Å². The molecule has 0 bridgehead atoms. The molecule has 1 atom stereocenters. The first-order valence-corrected chi connectivity index (χ1v) is 10.1. The van der Waals surface area contributed by atoms with Crippen molar-refractivity contribution >= 4 is 11.6 Å². The number of benzene rings is 1. The molecule has 2 aliphatic heterocycles. The molecule has 2 aliphatic rings. The van der Waals surface area contributed by atoms with E-state index in [0.717, 1.165) is 45.9 Å². The maximum Gasteiger partial charge on any atom is 0.255 e. The number of rotatable bonds is 6. The zero-order valence-electron chi connectivity index (χ0n) is 16.5. The molecular weight excluding hydrogens is 354 g/mol. The van der Waals surface area contributed by atoms with Crippen LogP contribution < -0.4 is 5.32 Å². The highest BCUT2D eigenvalue weighted by Gasteiger charge is 2.23. The molecule has 150 valence electrons. The number of ether oxygens (including phenoxy) is 1. The lowest BCUT2D eigenvalue weighted by Gasteiger charge is -2.35. The third kappa shape index (κ3) is 4.98. The minimum atomic E-state index is -0.101. The Labute approximate surface area is 166 Å². The molecule has 1 amide bonds. The van der Waals surface area contributed by atoms with Crippen molar-refractivity contribution in [2.75, 3.05) is 44.6 Å². The van der Waals surface area contributed by atoms with E-state index in [-0.39, 0.29) is 5.91 Å². The van der Waals surface area contributed by atoms with Crippen LogP contribution in [0.5, 0.6) is 0 Å². The van der Waals surface area contributed by atoms with Crippen LogP contribution in [-0.2, 0) is 18.3 Å². The van der Waals surface area contributed by atoms with Crippen molar-refractivity contribution in [3.8, 4) is 0 Å². The summed E-state index contributed by atoms with van der Waals surface area (Å²) in [6, 6.07) is 7.90. The number of nitrogens with zero attached hydrogens (tertiary/aromatic N) is 4. The Balaban J connectivity index is 1.28. The molecular formula is C21H29N5O2. The van der Waals surface area contributed by atoms with Crippen LogP contribution in [0.25, 0.3) is 0 Å². The van der Waals surface area contributed by atoms with Crippen LogP contribution in [0.3, 0.4) is 0 Å². The fourth-order valence-corrected chi connectivity index (χ4v) is 3.96. The predicted octanol–water partition coefficient (Wildman–Crippen LogP) is 1.97. The van der Waals surface area contributed by atoms with Gasteiger partial charge in [0.25, 0.3) is 5.91 Å². The van der Waals surface area contributed by atoms with Crippen molar-refractivity contribution in [2.45, 2.75) is 25.5 Å². The summed E-state index contributed by atoms with van der Waals surface area (Å²) in [6.07, 6.45) is 6.28. The van der Waals surface area contributed by atoms with Gasteiger partial charge in [-0.3, -0.25) is 19.3 Å². The quantitative estimate of drug-likeness (QED) is 0.826. The first-order chi connectivity index (χ1) is 13.7. The molecule has 0 aliphatic carbocycles. The zero-order valence-corrected chi connectivity index (χ0v) is 16.5. The molecule has 28 heavy (non-hydrogen) atoms. The number of nitrogens with one attached hydrogen (secondary N) is 1. The molecule has 4 rings (SSSR count). The molecule has 1 aromatic heterocycles. The summed E-state index contributed by atoms with van der Waals surface area (Å²) in [5.74, 6) is -0.101. The maximum atomic E-state index is 12.5. The Hall–Kier alpha value is -2.22. The smallest absolute Gasteiger partial charge is 0.255 e. The van der Waals surface area contributed by atoms with Crippen LogP contribution in [0.15, 0.2) is 36.7 Å². The normalized spacial score (nSPS) is 21.1. The molecule has 0 radical (unpaired) electrons. The van der Waals surface area contributed by atoms with Crippen molar-refractivity contribution in [1.82, 2.24) is 19.6 Å². The number of carbonyl (C=O) groups excluding carboxylic acids is 1. The van der Waals surface area contributed by atoms with E-state index in [0.29, 0.717) is 17.4 Å². The van der Waals surface area contributed by atoms with Crippen molar-refractivity contribution in [3.05, 3.63) is 47.8 Å². The van der Waals surface area contributed by atoms with Gasteiger partial charge in [0.1, 0.15) is 0 Å². The predicted molar refractivity (Wildman–Crippen MR) is 108 cm³/mol. The second-order valence-corrected chi connectivity index (χ2v) is 7.77. The van der Waals surface area contributed by atoms with E-state index in [2.05, 4.69) is 26.3 Å². The highest BCUT2D eigenvalue weighted by Crippen LogP contribution is 2.16. The van der Waals surface area contributed by atoms with Gasteiger partial charge in [-0.2, -0.15) is 5.10 Å². The average Bonchev–Trinajstić information content (AvgIpc) is 3.35. The van der Waals surface area contributed by atoms with Crippen molar-refractivity contribution in [1.29, 1.82) is 0 Å². The average molecular weight is 383 g/mol. The lowest BCUT2D eigenvalue weighted by Crippen LogP contribution is -2.48. The van der Waals surface area contributed by atoms with Crippen LogP contribution in [0, 0.1) is 0 Å². The number of hydrogen-bond donors (Lipinski definition) is 1. The minimum absolute atomic E-state index is 0.101. The van der Waals surface area contributed by atoms with Gasteiger partial charge in [-0.25, -0.2) is 0 Å². The minimum Gasteiger partial charge on any atom is -0.377 e. The second kappa shape index (κ2) is 8.86. The molecule has 2 saturated heterocycles. The summed E-state index contributed by atoms with van der Waals surface area (Å²) in [4.78, 5) is 17.5. The second-order valence-electron chi connectivity index (χ2n) is 7.77. The van der Waals surface area contributed by atoms with Gasteiger partial charge >= 0.3 is 0 Å². The standard InChI is InChI=1S/C21H29N5O2/c1-24-15-19(13-22-24)23-21(27)18-5-2-4-17(12-18)14-25-7-9-26(10-8-25)16-20-6-3-11-28-20/h2,4-5,12-13,15,20H,3,6-11,14,16H2,1H3,(H,23,27)/t20-/m1/s1. The number of carbonyl (C=O) groups is 1. The van der Waals surface area contributed by atoms with E-state index in [1.165, 1.54) is 18.4 Å². The highest BCUT2D eigenvalue weighted by atomic mass is 16.5. The molecule has 0 spiro atoms. The van der Waals surface area contributed by atoms with Gasteiger partial charge < -0.3 is 10.1 Å². The van der Waals surface area contributed by atoms with E-state index in [9.17, 15) is 4.79 Å². The molecule has 7 nitrogen and oxygen atoms in total. The summed E-state index contributed by atoms with van der Waals surface area (Å²) in [7, 11) is 1.83. The summed E-state index contributed by atoms with van der Waals surface area (Å²) in [5, 5.41) is 6.98. The van der Waals surface area contributed by atoms with Gasteiger partial charge in [0.2, 0.25) is 0 Å². The Morgan fingerprint density at radius 1 is 1.25 bits per heavy atom. The molecule has 1 N–H and O–H groups in total.